The normalized spacial score (nSPS) is 25.7. The largest absolute Gasteiger partial charge is 0.379 e. The van der Waals surface area contributed by atoms with Crippen molar-refractivity contribution < 1.29 is 13.2 Å². The van der Waals surface area contributed by atoms with Crippen molar-refractivity contribution in [2.24, 2.45) is 5.92 Å². The fraction of sp³-hybridized carbons (Fsp3) is 1.00. The Balaban J connectivity index is 2.06. The van der Waals surface area contributed by atoms with Crippen LogP contribution in [0.5, 0.6) is 0 Å². The van der Waals surface area contributed by atoms with Crippen molar-refractivity contribution in [3.8, 4) is 0 Å². The molecule has 0 aromatic heterocycles. The van der Waals surface area contributed by atoms with Gasteiger partial charge in [0.2, 0.25) is 0 Å². The SMILES string of the molecule is CC(C)CN(CC1CCCN1)S(=O)(=O)N1CCOCC1. The molecule has 0 bridgehead atoms. The summed E-state index contributed by atoms with van der Waals surface area (Å²) < 4.78 is 34.0. The van der Waals surface area contributed by atoms with E-state index in [9.17, 15) is 8.42 Å². The van der Waals surface area contributed by atoms with Gasteiger partial charge in [-0.1, -0.05) is 13.8 Å². The van der Waals surface area contributed by atoms with Crippen LogP contribution in [0.3, 0.4) is 0 Å². The molecule has 0 aliphatic carbocycles. The van der Waals surface area contributed by atoms with Gasteiger partial charge in [0.25, 0.3) is 10.2 Å². The van der Waals surface area contributed by atoms with Gasteiger partial charge in [0.1, 0.15) is 0 Å². The van der Waals surface area contributed by atoms with Gasteiger partial charge in [-0.05, 0) is 25.3 Å². The first kappa shape index (κ1) is 16.2. The van der Waals surface area contributed by atoms with Crippen LogP contribution in [-0.2, 0) is 14.9 Å². The molecular formula is C13H27N3O3S. The third-order valence-electron chi connectivity index (χ3n) is 3.78. The molecule has 6 nitrogen and oxygen atoms in total. The quantitative estimate of drug-likeness (QED) is 0.765. The van der Waals surface area contributed by atoms with E-state index < -0.39 is 10.2 Å². The summed E-state index contributed by atoms with van der Waals surface area (Å²) in [6.45, 7) is 8.21. The lowest BCUT2D eigenvalue weighted by Crippen LogP contribution is -2.52. The predicted molar refractivity (Wildman–Crippen MR) is 78.7 cm³/mol. The number of hydrogen-bond donors (Lipinski definition) is 1. The molecule has 2 heterocycles. The second-order valence-corrected chi connectivity index (χ2v) is 7.95. The minimum atomic E-state index is -3.36. The maximum Gasteiger partial charge on any atom is 0.282 e. The van der Waals surface area contributed by atoms with E-state index in [1.165, 1.54) is 0 Å². The van der Waals surface area contributed by atoms with Crippen LogP contribution in [0, 0.1) is 5.92 Å². The van der Waals surface area contributed by atoms with Gasteiger partial charge < -0.3 is 10.1 Å². The van der Waals surface area contributed by atoms with Crippen LogP contribution in [0.2, 0.25) is 0 Å². The zero-order valence-corrected chi connectivity index (χ0v) is 13.4. The molecule has 2 rings (SSSR count). The molecule has 0 amide bonds. The molecule has 118 valence electrons. The van der Waals surface area contributed by atoms with Gasteiger partial charge in [-0.3, -0.25) is 0 Å². The van der Waals surface area contributed by atoms with E-state index in [0.29, 0.717) is 51.4 Å². The molecule has 7 heteroatoms. The summed E-state index contributed by atoms with van der Waals surface area (Å²) in [4.78, 5) is 0. The smallest absolute Gasteiger partial charge is 0.282 e. The van der Waals surface area contributed by atoms with Crippen molar-refractivity contribution in [1.82, 2.24) is 13.9 Å². The van der Waals surface area contributed by atoms with E-state index in [4.69, 9.17) is 4.74 Å². The average Bonchev–Trinajstić information content (AvgIpc) is 2.91. The summed E-state index contributed by atoms with van der Waals surface area (Å²) in [7, 11) is -3.36. The number of rotatable bonds is 6. The highest BCUT2D eigenvalue weighted by atomic mass is 32.2. The molecule has 0 aromatic rings. The Kier molecular flexibility index (Phi) is 5.80. The zero-order chi connectivity index (χ0) is 14.6. The molecule has 20 heavy (non-hydrogen) atoms. The van der Waals surface area contributed by atoms with Crippen LogP contribution in [0.15, 0.2) is 0 Å². The molecule has 1 atom stereocenters. The van der Waals surface area contributed by atoms with E-state index in [0.717, 1.165) is 19.4 Å². The lowest BCUT2D eigenvalue weighted by Gasteiger charge is -2.34. The molecule has 1 N–H and O–H groups in total. The van der Waals surface area contributed by atoms with Crippen molar-refractivity contribution in [1.29, 1.82) is 0 Å². The molecule has 0 radical (unpaired) electrons. The Bertz CT molecular complexity index is 388. The lowest BCUT2D eigenvalue weighted by atomic mass is 10.2. The van der Waals surface area contributed by atoms with E-state index >= 15 is 0 Å². The summed E-state index contributed by atoms with van der Waals surface area (Å²) in [6, 6.07) is 0.296. The maximum atomic E-state index is 12.8. The van der Waals surface area contributed by atoms with Gasteiger partial charge in [0, 0.05) is 32.2 Å². The highest BCUT2D eigenvalue weighted by Gasteiger charge is 2.33. The number of morpholine rings is 1. The first-order valence-corrected chi connectivity index (χ1v) is 8.96. The molecule has 1 unspecified atom stereocenters. The summed E-state index contributed by atoms with van der Waals surface area (Å²) in [6.07, 6.45) is 2.20. The van der Waals surface area contributed by atoms with Gasteiger partial charge in [0.15, 0.2) is 0 Å². The van der Waals surface area contributed by atoms with Crippen LogP contribution in [0.1, 0.15) is 26.7 Å². The Hall–Kier alpha value is -0.210. The zero-order valence-electron chi connectivity index (χ0n) is 12.5. The molecule has 2 aliphatic rings. The molecule has 2 aliphatic heterocycles. The van der Waals surface area contributed by atoms with E-state index in [1.54, 1.807) is 8.61 Å². The van der Waals surface area contributed by atoms with Crippen LogP contribution in [0.4, 0.5) is 0 Å². The minimum Gasteiger partial charge on any atom is -0.379 e. The van der Waals surface area contributed by atoms with Crippen LogP contribution in [0.25, 0.3) is 0 Å². The first-order valence-electron chi connectivity index (χ1n) is 7.56. The summed E-state index contributed by atoms with van der Waals surface area (Å²) in [5.74, 6) is 0.326. The summed E-state index contributed by atoms with van der Waals surface area (Å²) >= 11 is 0. The Morgan fingerprint density at radius 1 is 1.35 bits per heavy atom. The third-order valence-corrected chi connectivity index (χ3v) is 5.75. The van der Waals surface area contributed by atoms with Crippen molar-refractivity contribution >= 4 is 10.2 Å². The second kappa shape index (κ2) is 7.17. The van der Waals surface area contributed by atoms with Gasteiger partial charge >= 0.3 is 0 Å². The van der Waals surface area contributed by atoms with E-state index in [-0.39, 0.29) is 0 Å². The van der Waals surface area contributed by atoms with E-state index in [2.05, 4.69) is 19.2 Å². The molecule has 2 saturated heterocycles. The van der Waals surface area contributed by atoms with Crippen molar-refractivity contribution in [2.45, 2.75) is 32.7 Å². The molecule has 0 spiro atoms. The molecule has 0 saturated carbocycles. The van der Waals surface area contributed by atoms with Crippen molar-refractivity contribution in [3.63, 3.8) is 0 Å². The summed E-state index contributed by atoms with van der Waals surface area (Å²) in [5, 5.41) is 3.39. The molecule has 2 fully saturated rings. The number of nitrogens with zero attached hydrogens (tertiary/aromatic N) is 2. The lowest BCUT2D eigenvalue weighted by molar-refractivity contribution is 0.0697. The van der Waals surface area contributed by atoms with E-state index in [1.807, 2.05) is 0 Å². The van der Waals surface area contributed by atoms with Gasteiger partial charge in [-0.25, -0.2) is 0 Å². The Morgan fingerprint density at radius 2 is 2.05 bits per heavy atom. The van der Waals surface area contributed by atoms with Gasteiger partial charge in [-0.2, -0.15) is 17.0 Å². The summed E-state index contributed by atoms with van der Waals surface area (Å²) in [5.41, 5.74) is 0. The number of nitrogens with one attached hydrogen (secondary N) is 1. The van der Waals surface area contributed by atoms with Gasteiger partial charge in [0.05, 0.1) is 13.2 Å². The monoisotopic (exact) mass is 305 g/mol. The standard InChI is InChI=1S/C13H27N3O3S/c1-12(2)10-16(11-13-4-3-5-14-13)20(17,18)15-6-8-19-9-7-15/h12-14H,3-11H2,1-2H3. The Labute approximate surface area is 122 Å². The number of ether oxygens (including phenoxy) is 1. The molecular weight excluding hydrogens is 278 g/mol. The third kappa shape index (κ3) is 4.14. The van der Waals surface area contributed by atoms with Crippen LogP contribution < -0.4 is 5.32 Å². The van der Waals surface area contributed by atoms with Crippen molar-refractivity contribution in [2.75, 3.05) is 45.9 Å². The minimum absolute atomic E-state index is 0.296. The first-order chi connectivity index (χ1) is 9.50. The maximum absolute atomic E-state index is 12.8. The van der Waals surface area contributed by atoms with Crippen molar-refractivity contribution in [3.05, 3.63) is 0 Å². The fourth-order valence-electron chi connectivity index (χ4n) is 2.77. The fourth-order valence-corrected chi connectivity index (χ4v) is 4.56. The predicted octanol–water partition coefficient (Wildman–Crippen LogP) is 0.273. The van der Waals surface area contributed by atoms with Crippen LogP contribution in [-0.4, -0.2) is 69.0 Å². The average molecular weight is 305 g/mol. The molecule has 0 aromatic carbocycles. The van der Waals surface area contributed by atoms with Crippen LogP contribution >= 0.6 is 0 Å². The number of hydrogen-bond acceptors (Lipinski definition) is 4. The Morgan fingerprint density at radius 3 is 2.60 bits per heavy atom. The highest BCUT2D eigenvalue weighted by Crippen LogP contribution is 2.16. The van der Waals surface area contributed by atoms with Gasteiger partial charge in [-0.15, -0.1) is 0 Å². The second-order valence-electron chi connectivity index (χ2n) is 6.02. The highest BCUT2D eigenvalue weighted by molar-refractivity contribution is 7.86. The topological polar surface area (TPSA) is 61.9 Å².